The van der Waals surface area contributed by atoms with Crippen LogP contribution in [0.25, 0.3) is 11.5 Å². The highest BCUT2D eigenvalue weighted by atomic mass is 19.3. The molecule has 0 saturated carbocycles. The van der Waals surface area contributed by atoms with Crippen LogP contribution in [0, 0.1) is 0 Å². The first-order chi connectivity index (χ1) is 11.6. The lowest BCUT2D eigenvalue weighted by atomic mass is 10.2. The SMILES string of the molecule is O=C(OCc1cc(-c2ccco2)on1)c1cccc(OC(F)F)c1. The van der Waals surface area contributed by atoms with Gasteiger partial charge < -0.3 is 18.4 Å². The molecule has 0 N–H and O–H groups in total. The normalized spacial score (nSPS) is 10.8. The van der Waals surface area contributed by atoms with Gasteiger partial charge >= 0.3 is 12.6 Å². The third-order valence-corrected chi connectivity index (χ3v) is 2.97. The Hall–Kier alpha value is -3.16. The lowest BCUT2D eigenvalue weighted by molar-refractivity contribution is -0.0499. The van der Waals surface area contributed by atoms with Crippen molar-refractivity contribution in [1.29, 1.82) is 0 Å². The Balaban J connectivity index is 1.61. The minimum absolute atomic E-state index is 0.0860. The number of carbonyl (C=O) groups is 1. The van der Waals surface area contributed by atoms with E-state index in [2.05, 4.69) is 9.89 Å². The van der Waals surface area contributed by atoms with Crippen LogP contribution in [0.15, 0.2) is 57.7 Å². The smallest absolute Gasteiger partial charge is 0.387 e. The molecule has 0 saturated heterocycles. The minimum Gasteiger partial charge on any atom is -0.461 e. The summed E-state index contributed by atoms with van der Waals surface area (Å²) in [5.74, 6) is 0.0774. The number of nitrogens with zero attached hydrogens (tertiary/aromatic N) is 1. The van der Waals surface area contributed by atoms with E-state index in [0.717, 1.165) is 0 Å². The fourth-order valence-electron chi connectivity index (χ4n) is 1.94. The van der Waals surface area contributed by atoms with Crippen molar-refractivity contribution in [1.82, 2.24) is 5.16 Å². The summed E-state index contributed by atoms with van der Waals surface area (Å²) in [5, 5.41) is 3.76. The first kappa shape index (κ1) is 15.7. The van der Waals surface area contributed by atoms with Gasteiger partial charge in [0.1, 0.15) is 18.1 Å². The topological polar surface area (TPSA) is 74.7 Å². The Morgan fingerprint density at radius 2 is 2.04 bits per heavy atom. The molecule has 6 nitrogen and oxygen atoms in total. The summed E-state index contributed by atoms with van der Waals surface area (Å²) in [7, 11) is 0. The van der Waals surface area contributed by atoms with Gasteiger partial charge in [-0.15, -0.1) is 0 Å². The summed E-state index contributed by atoms with van der Waals surface area (Å²) < 4.78 is 43.9. The highest BCUT2D eigenvalue weighted by Crippen LogP contribution is 2.21. The molecule has 0 radical (unpaired) electrons. The molecule has 8 heteroatoms. The van der Waals surface area contributed by atoms with Gasteiger partial charge in [-0.25, -0.2) is 4.79 Å². The van der Waals surface area contributed by atoms with Crippen molar-refractivity contribution in [2.24, 2.45) is 0 Å². The van der Waals surface area contributed by atoms with E-state index in [1.807, 2.05) is 0 Å². The van der Waals surface area contributed by atoms with Gasteiger partial charge in [-0.05, 0) is 30.3 Å². The summed E-state index contributed by atoms with van der Waals surface area (Å²) in [6.07, 6.45) is 1.49. The molecule has 0 spiro atoms. The molecule has 0 aliphatic rings. The number of hydrogen-bond acceptors (Lipinski definition) is 6. The number of rotatable bonds is 6. The van der Waals surface area contributed by atoms with Crippen LogP contribution in [-0.4, -0.2) is 17.7 Å². The van der Waals surface area contributed by atoms with Crippen LogP contribution in [-0.2, 0) is 11.3 Å². The Morgan fingerprint density at radius 3 is 2.79 bits per heavy atom. The number of hydrogen-bond donors (Lipinski definition) is 0. The maximum absolute atomic E-state index is 12.2. The van der Waals surface area contributed by atoms with Gasteiger partial charge in [-0.3, -0.25) is 0 Å². The highest BCUT2D eigenvalue weighted by molar-refractivity contribution is 5.89. The summed E-state index contributed by atoms with van der Waals surface area (Å²) in [6.45, 7) is -3.10. The molecular weight excluding hydrogens is 324 g/mol. The zero-order chi connectivity index (χ0) is 16.9. The number of benzene rings is 1. The lowest BCUT2D eigenvalue weighted by Gasteiger charge is -2.06. The monoisotopic (exact) mass is 335 g/mol. The third-order valence-electron chi connectivity index (χ3n) is 2.97. The zero-order valence-electron chi connectivity index (χ0n) is 12.1. The molecule has 124 valence electrons. The van der Waals surface area contributed by atoms with Crippen LogP contribution in [0.2, 0.25) is 0 Å². The van der Waals surface area contributed by atoms with Crippen molar-refractivity contribution in [2.75, 3.05) is 0 Å². The molecule has 2 aromatic heterocycles. The first-order valence-electron chi connectivity index (χ1n) is 6.83. The fourth-order valence-corrected chi connectivity index (χ4v) is 1.94. The Bertz CT molecular complexity index is 814. The predicted molar refractivity (Wildman–Crippen MR) is 76.4 cm³/mol. The van der Waals surface area contributed by atoms with E-state index in [-0.39, 0.29) is 17.9 Å². The van der Waals surface area contributed by atoms with Crippen molar-refractivity contribution in [2.45, 2.75) is 13.2 Å². The van der Waals surface area contributed by atoms with E-state index in [1.165, 1.54) is 30.5 Å². The molecule has 1 aromatic carbocycles. The Kier molecular flexibility index (Phi) is 4.55. The van der Waals surface area contributed by atoms with E-state index in [9.17, 15) is 13.6 Å². The van der Waals surface area contributed by atoms with Crippen LogP contribution in [0.1, 0.15) is 16.1 Å². The standard InChI is InChI=1S/C16H11F2NO5/c17-16(18)23-12-4-1-3-10(7-12)15(20)22-9-11-8-14(24-19-11)13-5-2-6-21-13/h1-8,16H,9H2. The van der Waals surface area contributed by atoms with Crippen molar-refractivity contribution in [3.63, 3.8) is 0 Å². The second-order valence-electron chi connectivity index (χ2n) is 4.64. The van der Waals surface area contributed by atoms with Crippen LogP contribution in [0.5, 0.6) is 5.75 Å². The first-order valence-corrected chi connectivity index (χ1v) is 6.83. The third kappa shape index (κ3) is 3.78. The van der Waals surface area contributed by atoms with Crippen LogP contribution in [0.3, 0.4) is 0 Å². The number of alkyl halides is 2. The molecule has 3 rings (SSSR count). The zero-order valence-corrected chi connectivity index (χ0v) is 12.1. The molecule has 0 fully saturated rings. The molecule has 0 bridgehead atoms. The fraction of sp³-hybridized carbons (Fsp3) is 0.125. The molecule has 0 aliphatic carbocycles. The number of aromatic nitrogens is 1. The molecule has 0 atom stereocenters. The lowest BCUT2D eigenvalue weighted by Crippen LogP contribution is -2.07. The van der Waals surface area contributed by atoms with Gasteiger partial charge in [0.25, 0.3) is 0 Å². The van der Waals surface area contributed by atoms with Crippen LogP contribution in [0.4, 0.5) is 8.78 Å². The van der Waals surface area contributed by atoms with Gasteiger partial charge in [-0.2, -0.15) is 8.78 Å². The summed E-state index contributed by atoms with van der Waals surface area (Å²) in [4.78, 5) is 11.9. The molecular formula is C16H11F2NO5. The molecule has 0 amide bonds. The van der Waals surface area contributed by atoms with Gasteiger partial charge in [-0.1, -0.05) is 11.2 Å². The molecule has 2 heterocycles. The summed E-state index contributed by atoms with van der Waals surface area (Å²) in [6, 6.07) is 10.3. The van der Waals surface area contributed by atoms with E-state index in [0.29, 0.717) is 17.2 Å². The number of esters is 1. The molecule has 0 unspecified atom stereocenters. The Labute approximate surface area is 134 Å². The number of halogens is 2. The van der Waals surface area contributed by atoms with E-state index in [1.54, 1.807) is 18.2 Å². The molecule has 0 aliphatic heterocycles. The van der Waals surface area contributed by atoms with Gasteiger partial charge in [0.2, 0.25) is 5.76 Å². The molecule has 3 aromatic rings. The maximum atomic E-state index is 12.2. The van der Waals surface area contributed by atoms with Crippen molar-refractivity contribution in [3.8, 4) is 17.3 Å². The average Bonchev–Trinajstić information content (AvgIpc) is 3.23. The average molecular weight is 335 g/mol. The van der Waals surface area contributed by atoms with Crippen molar-refractivity contribution in [3.05, 3.63) is 60.0 Å². The second-order valence-corrected chi connectivity index (χ2v) is 4.64. The van der Waals surface area contributed by atoms with Crippen molar-refractivity contribution >= 4 is 5.97 Å². The number of ether oxygens (including phenoxy) is 2. The van der Waals surface area contributed by atoms with Crippen LogP contribution < -0.4 is 4.74 Å². The predicted octanol–water partition coefficient (Wildman–Crippen LogP) is 3.89. The van der Waals surface area contributed by atoms with E-state index in [4.69, 9.17) is 13.7 Å². The second kappa shape index (κ2) is 6.95. The maximum Gasteiger partial charge on any atom is 0.387 e. The highest BCUT2D eigenvalue weighted by Gasteiger charge is 2.13. The van der Waals surface area contributed by atoms with Gasteiger partial charge in [0, 0.05) is 6.07 Å². The van der Waals surface area contributed by atoms with Gasteiger partial charge in [0.15, 0.2) is 5.76 Å². The van der Waals surface area contributed by atoms with E-state index < -0.39 is 12.6 Å². The number of carbonyl (C=O) groups excluding carboxylic acids is 1. The minimum atomic E-state index is -2.97. The van der Waals surface area contributed by atoms with Gasteiger partial charge in [0.05, 0.1) is 11.8 Å². The van der Waals surface area contributed by atoms with E-state index >= 15 is 0 Å². The molecule has 24 heavy (non-hydrogen) atoms. The summed E-state index contributed by atoms with van der Waals surface area (Å²) in [5.41, 5.74) is 0.470. The Morgan fingerprint density at radius 1 is 1.17 bits per heavy atom. The van der Waals surface area contributed by atoms with Crippen molar-refractivity contribution < 1.29 is 32.0 Å². The van der Waals surface area contributed by atoms with Crippen LogP contribution >= 0.6 is 0 Å². The number of furan rings is 1. The summed E-state index contributed by atoms with van der Waals surface area (Å²) >= 11 is 0. The quantitative estimate of drug-likeness (QED) is 0.636. The largest absolute Gasteiger partial charge is 0.461 e.